The lowest BCUT2D eigenvalue weighted by Crippen LogP contribution is -2.51. The molecule has 1 aromatic carbocycles. The van der Waals surface area contributed by atoms with Crippen molar-refractivity contribution in [2.45, 2.75) is 38.5 Å². The highest BCUT2D eigenvalue weighted by atomic mass is 32.1. The van der Waals surface area contributed by atoms with Gasteiger partial charge in [-0.3, -0.25) is 4.79 Å². The zero-order chi connectivity index (χ0) is 17.6. The van der Waals surface area contributed by atoms with E-state index in [1.165, 1.54) is 19.3 Å². The van der Waals surface area contributed by atoms with Gasteiger partial charge in [-0.15, -0.1) is 0 Å². The maximum absolute atomic E-state index is 13.2. The molecule has 0 aliphatic heterocycles. The first kappa shape index (κ1) is 16.6. The third-order valence-corrected chi connectivity index (χ3v) is 6.34. The van der Waals surface area contributed by atoms with E-state index in [0.29, 0.717) is 11.4 Å². The molecule has 0 aromatic heterocycles. The molecule has 4 N–H and O–H groups in total. The number of nitrogens with two attached hydrogens (primary N) is 1. The second kappa shape index (κ2) is 6.16. The molecule has 0 unspecified atom stereocenters. The van der Waals surface area contributed by atoms with Crippen LogP contribution in [0.25, 0.3) is 0 Å². The van der Waals surface area contributed by atoms with Crippen molar-refractivity contribution in [2.24, 2.45) is 28.9 Å². The summed E-state index contributed by atoms with van der Waals surface area (Å²) < 4.78 is 5.45. The first-order valence-electron chi connectivity index (χ1n) is 9.03. The van der Waals surface area contributed by atoms with Crippen molar-refractivity contribution in [3.8, 4) is 5.75 Å². The van der Waals surface area contributed by atoms with E-state index in [1.54, 1.807) is 13.2 Å². The first-order valence-corrected chi connectivity index (χ1v) is 9.44. The smallest absolute Gasteiger partial charge is 0.230 e. The second-order valence-corrected chi connectivity index (χ2v) is 8.50. The predicted octanol–water partition coefficient (Wildman–Crippen LogP) is 3.51. The molecule has 0 heterocycles. The molecule has 0 radical (unpaired) electrons. The van der Waals surface area contributed by atoms with E-state index >= 15 is 0 Å². The topological polar surface area (TPSA) is 76.4 Å². The Kier molecular flexibility index (Phi) is 4.10. The van der Waals surface area contributed by atoms with E-state index < -0.39 is 0 Å². The largest absolute Gasteiger partial charge is 0.494 e. The summed E-state index contributed by atoms with van der Waals surface area (Å²) in [4.78, 5) is 13.2. The Morgan fingerprint density at radius 1 is 1.16 bits per heavy atom. The van der Waals surface area contributed by atoms with Gasteiger partial charge >= 0.3 is 0 Å². The summed E-state index contributed by atoms with van der Waals surface area (Å²) in [6, 6.07) is 5.49. The Morgan fingerprint density at radius 3 is 2.28 bits per heavy atom. The van der Waals surface area contributed by atoms with E-state index in [2.05, 4.69) is 10.6 Å². The highest BCUT2D eigenvalue weighted by Crippen LogP contribution is 2.60. The van der Waals surface area contributed by atoms with Crippen LogP contribution >= 0.6 is 12.2 Å². The third kappa shape index (κ3) is 3.08. The number of hydrogen-bond acceptors (Lipinski definition) is 3. The van der Waals surface area contributed by atoms with E-state index in [1.807, 2.05) is 12.1 Å². The van der Waals surface area contributed by atoms with Crippen LogP contribution in [-0.2, 0) is 4.79 Å². The Morgan fingerprint density at radius 2 is 1.76 bits per heavy atom. The van der Waals surface area contributed by atoms with E-state index in [-0.39, 0.29) is 16.4 Å². The molecular weight excluding hydrogens is 334 g/mol. The number of benzene rings is 1. The molecule has 4 aliphatic rings. The first-order chi connectivity index (χ1) is 12.0. The van der Waals surface area contributed by atoms with Crippen LogP contribution in [0.2, 0.25) is 0 Å². The van der Waals surface area contributed by atoms with Crippen molar-refractivity contribution in [3.05, 3.63) is 18.2 Å². The van der Waals surface area contributed by atoms with Gasteiger partial charge in [0.1, 0.15) is 5.75 Å². The molecule has 0 spiro atoms. The molecule has 134 valence electrons. The van der Waals surface area contributed by atoms with Crippen LogP contribution in [0, 0.1) is 23.2 Å². The number of carbonyl (C=O) groups excluding carboxylic acids is 1. The lowest BCUT2D eigenvalue weighted by molar-refractivity contribution is -0.140. The van der Waals surface area contributed by atoms with Crippen LogP contribution in [0.4, 0.5) is 11.4 Å². The van der Waals surface area contributed by atoms with Crippen molar-refractivity contribution in [1.82, 2.24) is 0 Å². The van der Waals surface area contributed by atoms with Crippen LogP contribution in [0.1, 0.15) is 38.5 Å². The molecule has 1 amide bonds. The van der Waals surface area contributed by atoms with Gasteiger partial charge in [-0.1, -0.05) is 0 Å². The number of carbonyl (C=O) groups is 1. The van der Waals surface area contributed by atoms with Crippen molar-refractivity contribution in [1.29, 1.82) is 0 Å². The van der Waals surface area contributed by atoms with Gasteiger partial charge in [0, 0.05) is 11.8 Å². The molecule has 5 rings (SSSR count). The Balaban J connectivity index is 1.54. The molecule has 0 atom stereocenters. The number of methoxy groups -OCH3 is 1. The summed E-state index contributed by atoms with van der Waals surface area (Å²) in [5.74, 6) is 3.02. The number of amides is 1. The zero-order valence-electron chi connectivity index (χ0n) is 14.5. The number of nitrogens with one attached hydrogen (secondary N) is 2. The minimum Gasteiger partial charge on any atom is -0.494 e. The van der Waals surface area contributed by atoms with Crippen LogP contribution in [0.5, 0.6) is 5.75 Å². The van der Waals surface area contributed by atoms with E-state index in [4.69, 9.17) is 22.7 Å². The predicted molar refractivity (Wildman–Crippen MR) is 103 cm³/mol. The minimum absolute atomic E-state index is 0.167. The summed E-state index contributed by atoms with van der Waals surface area (Å²) in [6.07, 6.45) is 7.14. The highest BCUT2D eigenvalue weighted by Gasteiger charge is 2.54. The fraction of sp³-hybridized carbons (Fsp3) is 0.579. The zero-order valence-corrected chi connectivity index (χ0v) is 15.3. The average Bonchev–Trinajstić information content (AvgIpc) is 2.54. The monoisotopic (exact) mass is 359 g/mol. The number of anilines is 2. The fourth-order valence-electron chi connectivity index (χ4n) is 5.66. The summed E-state index contributed by atoms with van der Waals surface area (Å²) >= 11 is 4.86. The van der Waals surface area contributed by atoms with Gasteiger partial charge in [-0.05, 0) is 80.6 Å². The average molecular weight is 359 g/mol. The normalized spacial score (nSPS) is 32.3. The van der Waals surface area contributed by atoms with Gasteiger partial charge in [0.15, 0.2) is 5.11 Å². The molecule has 5 nitrogen and oxygen atoms in total. The quantitative estimate of drug-likeness (QED) is 0.717. The minimum atomic E-state index is -0.171. The molecule has 4 fully saturated rings. The maximum Gasteiger partial charge on any atom is 0.230 e. The summed E-state index contributed by atoms with van der Waals surface area (Å²) in [6.45, 7) is 0. The van der Waals surface area contributed by atoms with E-state index in [9.17, 15) is 4.79 Å². The lowest BCUT2D eigenvalue weighted by Gasteiger charge is -2.55. The van der Waals surface area contributed by atoms with Gasteiger partial charge in [-0.2, -0.15) is 0 Å². The van der Waals surface area contributed by atoms with Crippen LogP contribution in [0.3, 0.4) is 0 Å². The Bertz CT molecular complexity index is 683. The highest BCUT2D eigenvalue weighted by molar-refractivity contribution is 7.80. The van der Waals surface area contributed by atoms with Gasteiger partial charge in [0.25, 0.3) is 0 Å². The lowest BCUT2D eigenvalue weighted by atomic mass is 9.49. The standard InChI is InChI=1S/C19H25N3O2S/c1-24-16-7-14(21-18(20)25)2-3-15(16)22-17(23)19-8-11-4-12(9-19)6-13(5-11)10-19/h2-3,7,11-13H,4-6,8-10H2,1H3,(H,22,23)(H3,20,21,25). The number of ether oxygens (including phenoxy) is 1. The van der Waals surface area contributed by atoms with Gasteiger partial charge in [-0.25, -0.2) is 0 Å². The van der Waals surface area contributed by atoms with Crippen LogP contribution in [0.15, 0.2) is 18.2 Å². The molecule has 1 aromatic rings. The van der Waals surface area contributed by atoms with E-state index in [0.717, 1.165) is 42.7 Å². The number of thiocarbonyl (C=S) groups is 1. The van der Waals surface area contributed by atoms with Crippen LogP contribution in [-0.4, -0.2) is 18.1 Å². The molecule has 4 saturated carbocycles. The van der Waals surface area contributed by atoms with Crippen LogP contribution < -0.4 is 21.1 Å². The van der Waals surface area contributed by atoms with Gasteiger partial charge in [0.2, 0.25) is 5.91 Å². The molecule has 4 bridgehead atoms. The third-order valence-electron chi connectivity index (χ3n) is 6.24. The van der Waals surface area contributed by atoms with Crippen molar-refractivity contribution in [2.75, 3.05) is 17.7 Å². The SMILES string of the molecule is COc1cc(NC(N)=S)ccc1NC(=O)C12CC3CC(CC(C3)C1)C2. The molecule has 4 aliphatic carbocycles. The van der Waals surface area contributed by atoms with Crippen molar-refractivity contribution < 1.29 is 9.53 Å². The van der Waals surface area contributed by atoms with Crippen molar-refractivity contribution >= 4 is 34.6 Å². The Labute approximate surface area is 153 Å². The summed E-state index contributed by atoms with van der Waals surface area (Å²) in [5.41, 5.74) is 6.80. The molecule has 25 heavy (non-hydrogen) atoms. The summed E-state index contributed by atoms with van der Waals surface area (Å²) in [5, 5.41) is 6.23. The maximum atomic E-state index is 13.2. The van der Waals surface area contributed by atoms with Gasteiger partial charge < -0.3 is 21.1 Å². The number of rotatable bonds is 4. The Hall–Kier alpha value is -1.82. The molecule has 6 heteroatoms. The van der Waals surface area contributed by atoms with Crippen molar-refractivity contribution in [3.63, 3.8) is 0 Å². The molecule has 0 saturated heterocycles. The number of hydrogen-bond donors (Lipinski definition) is 3. The molecular formula is C19H25N3O2S. The van der Waals surface area contributed by atoms with Gasteiger partial charge in [0.05, 0.1) is 18.2 Å². The second-order valence-electron chi connectivity index (χ2n) is 8.06. The fourth-order valence-corrected chi connectivity index (χ4v) is 5.78. The summed E-state index contributed by atoms with van der Waals surface area (Å²) in [7, 11) is 1.60.